The summed E-state index contributed by atoms with van der Waals surface area (Å²) >= 11 is 0. The number of halogens is 3. The lowest BCUT2D eigenvalue weighted by molar-refractivity contribution is -0.0494. The van der Waals surface area contributed by atoms with E-state index >= 15 is 0 Å². The van der Waals surface area contributed by atoms with Gasteiger partial charge in [0.25, 0.3) is 11.8 Å². The summed E-state index contributed by atoms with van der Waals surface area (Å²) in [5, 5.41) is 9.96. The molecule has 12 heteroatoms. The van der Waals surface area contributed by atoms with Crippen molar-refractivity contribution in [1.29, 1.82) is 0 Å². The van der Waals surface area contributed by atoms with Gasteiger partial charge in [-0.15, -0.1) is 0 Å². The second-order valence-electron chi connectivity index (χ2n) is 13.2. The molecule has 3 N–H and O–H groups in total. The average Bonchev–Trinajstić information content (AvgIpc) is 3.49. The van der Waals surface area contributed by atoms with Crippen LogP contribution in [0.5, 0.6) is 0 Å². The number of anilines is 2. The average molecular weight is 686 g/mol. The van der Waals surface area contributed by atoms with E-state index in [1.807, 2.05) is 30.3 Å². The molecular formula is C38H38F3N5O4. The summed E-state index contributed by atoms with van der Waals surface area (Å²) in [6, 6.07) is 22.7. The Morgan fingerprint density at radius 3 is 2.28 bits per heavy atom. The summed E-state index contributed by atoms with van der Waals surface area (Å²) in [7, 11) is 0. The van der Waals surface area contributed by atoms with Crippen LogP contribution < -0.4 is 16.0 Å². The van der Waals surface area contributed by atoms with Gasteiger partial charge in [-0.2, -0.15) is 0 Å². The van der Waals surface area contributed by atoms with Crippen molar-refractivity contribution in [2.75, 3.05) is 30.4 Å². The SMILES string of the molecule is CC(C)(C)OC(=O)Nc1ccc(NCNCc2cc3cc(-c4ccc(C(=O)N5CCC(F)(F)CC5)cc4)cc(-c4ccc(F)cc4)c3o2)cn1. The van der Waals surface area contributed by atoms with Gasteiger partial charge in [0.05, 0.1) is 25.1 Å². The Kier molecular flexibility index (Phi) is 9.83. The predicted molar refractivity (Wildman–Crippen MR) is 187 cm³/mol. The highest BCUT2D eigenvalue weighted by molar-refractivity contribution is 5.98. The lowest BCUT2D eigenvalue weighted by atomic mass is 9.96. The van der Waals surface area contributed by atoms with Gasteiger partial charge in [0.1, 0.15) is 28.6 Å². The van der Waals surface area contributed by atoms with Gasteiger partial charge in [-0.25, -0.2) is 22.9 Å². The number of likely N-dealkylation sites (tertiary alicyclic amines) is 1. The molecule has 50 heavy (non-hydrogen) atoms. The Morgan fingerprint density at radius 1 is 0.920 bits per heavy atom. The van der Waals surface area contributed by atoms with Gasteiger partial charge in [-0.3, -0.25) is 15.4 Å². The molecule has 2 aromatic heterocycles. The molecule has 1 aliphatic heterocycles. The topological polar surface area (TPSA) is 109 Å². The number of hydrogen-bond acceptors (Lipinski definition) is 7. The number of piperidine rings is 1. The van der Waals surface area contributed by atoms with Crippen molar-refractivity contribution in [1.82, 2.24) is 15.2 Å². The minimum Gasteiger partial charge on any atom is -0.459 e. The fraction of sp³-hybridized carbons (Fsp3) is 0.289. The summed E-state index contributed by atoms with van der Waals surface area (Å²) in [6.07, 6.45) is 0.362. The first-order chi connectivity index (χ1) is 23.8. The Bertz CT molecular complexity index is 1960. The van der Waals surface area contributed by atoms with Gasteiger partial charge in [0, 0.05) is 42.4 Å². The molecule has 0 atom stereocenters. The van der Waals surface area contributed by atoms with Gasteiger partial charge < -0.3 is 19.4 Å². The molecule has 3 aromatic carbocycles. The van der Waals surface area contributed by atoms with Gasteiger partial charge in [0.2, 0.25) is 0 Å². The van der Waals surface area contributed by atoms with E-state index in [1.54, 1.807) is 63.4 Å². The zero-order valence-electron chi connectivity index (χ0n) is 28.0. The number of benzene rings is 3. The quantitative estimate of drug-likeness (QED) is 0.105. The van der Waals surface area contributed by atoms with E-state index in [9.17, 15) is 22.8 Å². The second-order valence-corrected chi connectivity index (χ2v) is 13.2. The maximum absolute atomic E-state index is 13.8. The van der Waals surface area contributed by atoms with Crippen molar-refractivity contribution in [2.24, 2.45) is 0 Å². The molecule has 0 saturated carbocycles. The standard InChI is InChI=1S/C38H38F3N5O4/c1-37(2,3)50-36(48)45-33-13-12-30(21-43-33)44-23-42-22-31-19-28-18-27(20-32(34(28)49-31)25-8-10-29(39)11-9-25)24-4-6-26(7-5-24)35(47)46-16-14-38(40,41)15-17-46/h4-13,18-21,42,44H,14-17,22-23H2,1-3H3,(H,43,45,48). The highest BCUT2D eigenvalue weighted by Crippen LogP contribution is 2.36. The Morgan fingerprint density at radius 2 is 1.62 bits per heavy atom. The van der Waals surface area contributed by atoms with Crippen molar-refractivity contribution in [2.45, 2.75) is 51.7 Å². The van der Waals surface area contributed by atoms with E-state index in [1.165, 1.54) is 17.0 Å². The molecule has 1 fully saturated rings. The van der Waals surface area contributed by atoms with E-state index in [-0.39, 0.29) is 37.7 Å². The molecule has 0 unspecified atom stereocenters. The Balaban J connectivity index is 1.14. The van der Waals surface area contributed by atoms with Crippen LogP contribution in [0.1, 0.15) is 49.7 Å². The van der Waals surface area contributed by atoms with Crippen molar-refractivity contribution in [3.8, 4) is 22.3 Å². The minimum atomic E-state index is -2.73. The van der Waals surface area contributed by atoms with Crippen LogP contribution >= 0.6 is 0 Å². The second kappa shape index (κ2) is 14.2. The van der Waals surface area contributed by atoms with Gasteiger partial charge in [-0.05, 0) is 92.1 Å². The summed E-state index contributed by atoms with van der Waals surface area (Å²) in [5.41, 5.74) is 4.49. The first kappa shape index (κ1) is 34.5. The highest BCUT2D eigenvalue weighted by atomic mass is 19.3. The summed E-state index contributed by atoms with van der Waals surface area (Å²) in [6.45, 7) is 6.22. The summed E-state index contributed by atoms with van der Waals surface area (Å²) in [4.78, 5) is 30.7. The normalized spacial score (nSPS) is 14.4. The molecule has 5 aromatic rings. The molecule has 1 aliphatic rings. The third-order valence-corrected chi connectivity index (χ3v) is 8.18. The van der Waals surface area contributed by atoms with E-state index in [4.69, 9.17) is 9.15 Å². The highest BCUT2D eigenvalue weighted by Gasteiger charge is 2.35. The van der Waals surface area contributed by atoms with E-state index in [0.717, 1.165) is 33.3 Å². The number of amides is 2. The van der Waals surface area contributed by atoms with Crippen LogP contribution in [0, 0.1) is 5.82 Å². The number of pyridine rings is 1. The molecule has 0 spiro atoms. The van der Waals surface area contributed by atoms with Crippen molar-refractivity contribution in [3.63, 3.8) is 0 Å². The van der Waals surface area contributed by atoms with E-state index in [0.29, 0.717) is 35.9 Å². The summed E-state index contributed by atoms with van der Waals surface area (Å²) < 4.78 is 52.6. The van der Waals surface area contributed by atoms with Crippen molar-refractivity contribution >= 4 is 34.5 Å². The third kappa shape index (κ3) is 8.61. The number of hydrogen-bond donors (Lipinski definition) is 3. The lowest BCUT2D eigenvalue weighted by Gasteiger charge is -2.31. The van der Waals surface area contributed by atoms with Gasteiger partial charge >= 0.3 is 6.09 Å². The summed E-state index contributed by atoms with van der Waals surface area (Å²) in [5.74, 6) is -2.28. The smallest absolute Gasteiger partial charge is 0.413 e. The molecule has 3 heterocycles. The number of ether oxygens (including phenoxy) is 1. The minimum absolute atomic E-state index is 0.0262. The number of carbonyl (C=O) groups excluding carboxylic acids is 2. The zero-order valence-corrected chi connectivity index (χ0v) is 28.0. The number of alkyl halides is 2. The van der Waals surface area contributed by atoms with Gasteiger partial charge in [0.15, 0.2) is 0 Å². The number of fused-ring (bicyclic) bond motifs is 1. The first-order valence-electron chi connectivity index (χ1n) is 16.3. The Labute approximate surface area is 287 Å². The largest absolute Gasteiger partial charge is 0.459 e. The fourth-order valence-electron chi connectivity index (χ4n) is 5.66. The maximum atomic E-state index is 13.8. The molecule has 1 saturated heterocycles. The maximum Gasteiger partial charge on any atom is 0.413 e. The molecule has 2 amide bonds. The number of nitrogens with zero attached hydrogens (tertiary/aromatic N) is 2. The third-order valence-electron chi connectivity index (χ3n) is 8.18. The monoisotopic (exact) mass is 685 g/mol. The van der Waals surface area contributed by atoms with Crippen LogP contribution in [0.3, 0.4) is 0 Å². The van der Waals surface area contributed by atoms with Crippen molar-refractivity contribution in [3.05, 3.63) is 102 Å². The molecule has 6 rings (SSSR count). The predicted octanol–water partition coefficient (Wildman–Crippen LogP) is 8.68. The van der Waals surface area contributed by atoms with Crippen molar-refractivity contribution < 1.29 is 31.9 Å². The van der Waals surface area contributed by atoms with Crippen LogP contribution in [-0.2, 0) is 11.3 Å². The van der Waals surface area contributed by atoms with Crippen LogP contribution in [0.25, 0.3) is 33.2 Å². The van der Waals surface area contributed by atoms with Crippen LogP contribution in [0.2, 0.25) is 0 Å². The fourth-order valence-corrected chi connectivity index (χ4v) is 5.66. The number of carbonyl (C=O) groups is 2. The Hall–Kier alpha value is -5.36. The number of furan rings is 1. The zero-order chi connectivity index (χ0) is 35.5. The van der Waals surface area contributed by atoms with Gasteiger partial charge in [-0.1, -0.05) is 24.3 Å². The molecule has 260 valence electrons. The molecule has 0 aliphatic carbocycles. The number of rotatable bonds is 9. The number of nitrogens with one attached hydrogen (secondary N) is 3. The van der Waals surface area contributed by atoms with E-state index < -0.39 is 17.6 Å². The molecule has 9 nitrogen and oxygen atoms in total. The van der Waals surface area contributed by atoms with Crippen LogP contribution in [-0.4, -0.2) is 53.2 Å². The number of aromatic nitrogens is 1. The van der Waals surface area contributed by atoms with Crippen LogP contribution in [0.15, 0.2) is 89.5 Å². The molecular weight excluding hydrogens is 647 g/mol. The first-order valence-corrected chi connectivity index (χ1v) is 16.3. The van der Waals surface area contributed by atoms with E-state index in [2.05, 4.69) is 20.9 Å². The molecule has 0 radical (unpaired) electrons. The van der Waals surface area contributed by atoms with Crippen LogP contribution in [0.4, 0.5) is 29.5 Å². The lowest BCUT2D eigenvalue weighted by Crippen LogP contribution is -2.42. The molecule has 0 bridgehead atoms.